The molecular formula is C14H18N2O4. The molecule has 3 aliphatic heterocycles. The van der Waals surface area contributed by atoms with Crippen LogP contribution < -0.4 is 5.32 Å². The molecule has 0 aromatic carbocycles. The summed E-state index contributed by atoms with van der Waals surface area (Å²) in [6.45, 7) is 0.581. The number of carbonyl (C=O) groups excluding carboxylic acids is 2. The lowest BCUT2D eigenvalue weighted by Gasteiger charge is -2.37. The maximum Gasteiger partial charge on any atom is 0.308 e. The summed E-state index contributed by atoms with van der Waals surface area (Å²) < 4.78 is 0. The first-order chi connectivity index (χ1) is 9.56. The lowest BCUT2D eigenvalue weighted by Crippen LogP contribution is -2.49. The number of hydrogen-bond acceptors (Lipinski definition) is 3. The molecule has 3 heterocycles. The molecule has 3 rings (SSSR count). The molecule has 0 aromatic heterocycles. The number of nitrogens with one attached hydrogen (secondary N) is 1. The van der Waals surface area contributed by atoms with Crippen molar-refractivity contribution in [2.24, 2.45) is 5.92 Å². The van der Waals surface area contributed by atoms with E-state index in [4.69, 9.17) is 5.11 Å². The molecule has 1 saturated heterocycles. The highest BCUT2D eigenvalue weighted by molar-refractivity contribution is 5.98. The molecule has 0 spiro atoms. The van der Waals surface area contributed by atoms with E-state index in [1.807, 2.05) is 0 Å². The third kappa shape index (κ3) is 2.19. The van der Waals surface area contributed by atoms with Gasteiger partial charge in [0.2, 0.25) is 5.91 Å². The molecule has 20 heavy (non-hydrogen) atoms. The molecule has 0 aliphatic carbocycles. The SMILES string of the molecule is O=C1CC2=C(CN1)C(=O)N1CC(C(=O)O)CCC1CC2. The Kier molecular flexibility index (Phi) is 3.23. The summed E-state index contributed by atoms with van der Waals surface area (Å²) in [5.74, 6) is -1.39. The quantitative estimate of drug-likeness (QED) is 0.721. The van der Waals surface area contributed by atoms with E-state index in [0.29, 0.717) is 25.0 Å². The number of carboxylic acid groups (broad SMARTS) is 1. The van der Waals surface area contributed by atoms with Crippen LogP contribution in [-0.4, -0.2) is 46.9 Å². The number of fused-ring (bicyclic) bond motifs is 1. The summed E-state index contributed by atoms with van der Waals surface area (Å²) in [5, 5.41) is 11.9. The first kappa shape index (κ1) is 13.1. The van der Waals surface area contributed by atoms with Gasteiger partial charge in [-0.1, -0.05) is 5.57 Å². The highest BCUT2D eigenvalue weighted by atomic mass is 16.4. The first-order valence-electron chi connectivity index (χ1n) is 7.07. The molecule has 2 N–H and O–H groups in total. The molecule has 0 aromatic rings. The fourth-order valence-corrected chi connectivity index (χ4v) is 3.43. The Labute approximate surface area is 116 Å². The molecule has 0 radical (unpaired) electrons. The van der Waals surface area contributed by atoms with E-state index < -0.39 is 11.9 Å². The van der Waals surface area contributed by atoms with Crippen LogP contribution in [0.15, 0.2) is 11.1 Å². The number of hydrogen-bond donors (Lipinski definition) is 2. The summed E-state index contributed by atoms with van der Waals surface area (Å²) in [6, 6.07) is 0.124. The second-order valence-corrected chi connectivity index (χ2v) is 5.80. The van der Waals surface area contributed by atoms with Gasteiger partial charge in [0.25, 0.3) is 5.91 Å². The molecule has 0 saturated carbocycles. The third-order valence-corrected chi connectivity index (χ3v) is 4.62. The highest BCUT2D eigenvalue weighted by Gasteiger charge is 2.39. The molecule has 1 fully saturated rings. The largest absolute Gasteiger partial charge is 0.481 e. The zero-order valence-electron chi connectivity index (χ0n) is 11.2. The zero-order valence-corrected chi connectivity index (χ0v) is 11.2. The molecular weight excluding hydrogens is 260 g/mol. The predicted molar refractivity (Wildman–Crippen MR) is 69.7 cm³/mol. The Hall–Kier alpha value is -1.85. The Morgan fingerprint density at radius 1 is 1.25 bits per heavy atom. The van der Waals surface area contributed by atoms with Crippen molar-refractivity contribution >= 4 is 17.8 Å². The Morgan fingerprint density at radius 3 is 2.80 bits per heavy atom. The Morgan fingerprint density at radius 2 is 2.05 bits per heavy atom. The van der Waals surface area contributed by atoms with E-state index in [-0.39, 0.29) is 24.4 Å². The number of carbonyl (C=O) groups is 3. The number of rotatable bonds is 1. The lowest BCUT2D eigenvalue weighted by atomic mass is 9.90. The Balaban J connectivity index is 1.86. The van der Waals surface area contributed by atoms with Crippen LogP contribution in [0.4, 0.5) is 0 Å². The summed E-state index contributed by atoms with van der Waals surface area (Å²) in [6.07, 6.45) is 3.29. The van der Waals surface area contributed by atoms with Gasteiger partial charge in [-0.05, 0) is 25.7 Å². The highest BCUT2D eigenvalue weighted by Crippen LogP contribution is 2.33. The number of carboxylic acids is 1. The normalized spacial score (nSPS) is 30.3. The van der Waals surface area contributed by atoms with Crippen molar-refractivity contribution in [2.75, 3.05) is 13.1 Å². The van der Waals surface area contributed by atoms with Gasteiger partial charge in [-0.3, -0.25) is 14.4 Å². The van der Waals surface area contributed by atoms with Crippen molar-refractivity contribution in [2.45, 2.75) is 38.1 Å². The van der Waals surface area contributed by atoms with Crippen LogP contribution in [-0.2, 0) is 14.4 Å². The van der Waals surface area contributed by atoms with Crippen molar-refractivity contribution < 1.29 is 19.5 Å². The topological polar surface area (TPSA) is 86.7 Å². The van der Waals surface area contributed by atoms with E-state index in [0.717, 1.165) is 24.8 Å². The average molecular weight is 278 g/mol. The molecule has 0 bridgehead atoms. The van der Waals surface area contributed by atoms with Crippen LogP contribution in [0.5, 0.6) is 0 Å². The van der Waals surface area contributed by atoms with Gasteiger partial charge in [-0.2, -0.15) is 0 Å². The second kappa shape index (κ2) is 4.92. The summed E-state index contributed by atoms with van der Waals surface area (Å²) in [4.78, 5) is 36.9. The third-order valence-electron chi connectivity index (χ3n) is 4.62. The van der Waals surface area contributed by atoms with Crippen molar-refractivity contribution in [3.63, 3.8) is 0 Å². The summed E-state index contributed by atoms with van der Waals surface area (Å²) >= 11 is 0. The molecule has 2 amide bonds. The van der Waals surface area contributed by atoms with Gasteiger partial charge in [0, 0.05) is 31.1 Å². The predicted octanol–water partition coefficient (Wildman–Crippen LogP) is 0.288. The minimum absolute atomic E-state index is 0.0279. The van der Waals surface area contributed by atoms with Crippen LogP contribution in [0.2, 0.25) is 0 Å². The molecule has 3 aliphatic rings. The molecule has 2 atom stereocenters. The fraction of sp³-hybridized carbons (Fsp3) is 0.643. The average Bonchev–Trinajstić information content (AvgIpc) is 2.56. The van der Waals surface area contributed by atoms with Crippen LogP contribution in [0.1, 0.15) is 32.1 Å². The molecule has 2 unspecified atom stereocenters. The van der Waals surface area contributed by atoms with Gasteiger partial charge >= 0.3 is 5.97 Å². The summed E-state index contributed by atoms with van der Waals surface area (Å²) in [7, 11) is 0. The van der Waals surface area contributed by atoms with E-state index in [9.17, 15) is 14.4 Å². The van der Waals surface area contributed by atoms with Gasteiger partial charge < -0.3 is 15.3 Å². The standard InChI is InChI=1S/C14H18N2O4/c17-12-5-8-1-3-10-4-2-9(14(19)20)7-16(10)13(18)11(8)6-15-12/h9-10H,1-7H2,(H,15,17)(H,19,20). The van der Waals surface area contributed by atoms with Crippen molar-refractivity contribution in [1.29, 1.82) is 0 Å². The van der Waals surface area contributed by atoms with Gasteiger partial charge in [0.1, 0.15) is 0 Å². The van der Waals surface area contributed by atoms with Crippen molar-refractivity contribution in [1.82, 2.24) is 10.2 Å². The minimum Gasteiger partial charge on any atom is -0.481 e. The minimum atomic E-state index is -0.827. The van der Waals surface area contributed by atoms with Gasteiger partial charge in [-0.15, -0.1) is 0 Å². The zero-order chi connectivity index (χ0) is 14.3. The Bertz CT molecular complexity index is 511. The van der Waals surface area contributed by atoms with E-state index in [2.05, 4.69) is 5.32 Å². The maximum absolute atomic E-state index is 12.6. The van der Waals surface area contributed by atoms with E-state index in [1.54, 1.807) is 4.90 Å². The number of aliphatic carboxylic acids is 1. The first-order valence-corrected chi connectivity index (χ1v) is 7.07. The fourth-order valence-electron chi connectivity index (χ4n) is 3.43. The van der Waals surface area contributed by atoms with Gasteiger partial charge in [0.15, 0.2) is 0 Å². The van der Waals surface area contributed by atoms with E-state index in [1.165, 1.54) is 0 Å². The lowest BCUT2D eigenvalue weighted by molar-refractivity contribution is -0.146. The molecule has 108 valence electrons. The molecule has 6 heteroatoms. The van der Waals surface area contributed by atoms with Crippen LogP contribution >= 0.6 is 0 Å². The number of amides is 2. The van der Waals surface area contributed by atoms with Gasteiger partial charge in [-0.25, -0.2) is 0 Å². The second-order valence-electron chi connectivity index (χ2n) is 5.80. The van der Waals surface area contributed by atoms with Crippen LogP contribution in [0, 0.1) is 5.92 Å². The monoisotopic (exact) mass is 278 g/mol. The molecule has 6 nitrogen and oxygen atoms in total. The van der Waals surface area contributed by atoms with Crippen LogP contribution in [0.3, 0.4) is 0 Å². The van der Waals surface area contributed by atoms with Gasteiger partial charge in [0.05, 0.1) is 5.92 Å². The maximum atomic E-state index is 12.6. The number of piperidine rings is 1. The summed E-state index contributed by atoms with van der Waals surface area (Å²) in [5.41, 5.74) is 1.62. The smallest absolute Gasteiger partial charge is 0.308 e. The number of nitrogens with zero attached hydrogens (tertiary/aromatic N) is 1. The van der Waals surface area contributed by atoms with E-state index >= 15 is 0 Å². The van der Waals surface area contributed by atoms with Crippen molar-refractivity contribution in [3.05, 3.63) is 11.1 Å². The van der Waals surface area contributed by atoms with Crippen LogP contribution in [0.25, 0.3) is 0 Å². The van der Waals surface area contributed by atoms with Crippen molar-refractivity contribution in [3.8, 4) is 0 Å².